The molecule has 4 aromatic rings. The van der Waals surface area contributed by atoms with Crippen LogP contribution in [0, 0.1) is 0 Å². The van der Waals surface area contributed by atoms with Gasteiger partial charge < -0.3 is 15.0 Å². The number of carbonyl (C=O) groups excluding carboxylic acids is 1. The molecular weight excluding hydrogens is 472 g/mol. The largest absolute Gasteiger partial charge is 0.457 e. The Morgan fingerprint density at radius 1 is 1.06 bits per heavy atom. The van der Waals surface area contributed by atoms with Gasteiger partial charge >= 0.3 is 0 Å². The molecule has 0 atom stereocenters. The van der Waals surface area contributed by atoms with E-state index < -0.39 is 5.92 Å². The molecule has 8 nitrogen and oxygen atoms in total. The minimum absolute atomic E-state index is 0.0516. The van der Waals surface area contributed by atoms with E-state index >= 15 is 0 Å². The van der Waals surface area contributed by atoms with E-state index in [1.807, 2.05) is 59.4 Å². The Labute approximate surface area is 214 Å². The molecule has 1 N–H and O–H groups in total. The highest BCUT2D eigenvalue weighted by Gasteiger charge is 2.32. The summed E-state index contributed by atoms with van der Waals surface area (Å²) in [5, 5.41) is 9.49. The molecule has 0 spiro atoms. The van der Waals surface area contributed by atoms with Crippen LogP contribution < -0.4 is 15.0 Å². The Morgan fingerprint density at radius 3 is 2.44 bits per heavy atom. The molecule has 2 aliphatic rings. The van der Waals surface area contributed by atoms with Gasteiger partial charge in [-0.2, -0.15) is 5.10 Å². The van der Waals surface area contributed by atoms with Crippen molar-refractivity contribution in [2.24, 2.45) is 0 Å². The molecule has 0 unspecified atom stereocenters. The molecule has 6 rings (SSSR count). The zero-order valence-corrected chi connectivity index (χ0v) is 21.0. The average molecular weight is 501 g/mol. The van der Waals surface area contributed by atoms with E-state index in [1.54, 1.807) is 11.8 Å². The van der Waals surface area contributed by atoms with E-state index in [0.29, 0.717) is 13.1 Å². The average Bonchev–Trinajstić information content (AvgIpc) is 3.58. The molecule has 0 aliphatic carbocycles. The number of carbonyl (C=O) groups is 1. The number of hydrogen-bond acceptors (Lipinski definition) is 7. The van der Waals surface area contributed by atoms with Crippen molar-refractivity contribution < 1.29 is 9.53 Å². The second kappa shape index (κ2) is 9.81. The van der Waals surface area contributed by atoms with Gasteiger partial charge in [-0.25, -0.2) is 14.6 Å². The molecular formula is C27H28N6O2S. The Morgan fingerprint density at radius 2 is 1.75 bits per heavy atom. The molecule has 0 radical (unpaired) electrons. The lowest BCUT2D eigenvalue weighted by Crippen LogP contribution is -2.34. The van der Waals surface area contributed by atoms with Gasteiger partial charge in [0.25, 0.3) is 0 Å². The number of para-hydroxylation sites is 2. The molecule has 4 heterocycles. The number of aromatic nitrogens is 4. The van der Waals surface area contributed by atoms with Crippen molar-refractivity contribution in [2.75, 3.05) is 30.3 Å². The number of anilines is 1. The Balaban J connectivity index is 1.23. The number of rotatable bonds is 7. The van der Waals surface area contributed by atoms with Gasteiger partial charge in [-0.1, -0.05) is 55.1 Å². The summed E-state index contributed by atoms with van der Waals surface area (Å²) in [4.78, 5) is 25.4. The molecule has 1 fully saturated rings. The zero-order chi connectivity index (χ0) is 24.5. The van der Waals surface area contributed by atoms with Crippen molar-refractivity contribution >= 4 is 34.5 Å². The molecule has 1 saturated heterocycles. The summed E-state index contributed by atoms with van der Waals surface area (Å²) in [5.74, 6) is 2.85. The Bertz CT molecular complexity index is 1370. The highest BCUT2D eigenvalue weighted by Crippen LogP contribution is 2.43. The van der Waals surface area contributed by atoms with Crippen molar-refractivity contribution in [3.05, 3.63) is 65.9 Å². The summed E-state index contributed by atoms with van der Waals surface area (Å²) in [7, 11) is 0. The van der Waals surface area contributed by atoms with Crippen LogP contribution in [0.5, 0.6) is 11.5 Å². The van der Waals surface area contributed by atoms with Crippen LogP contribution in [0.1, 0.15) is 36.8 Å². The SMILES string of the molecule is CCSc1nc(N2CCCC2)c2cnn(CCNC(=O)C3c4ccccc4Oc4ccccc43)c2n1. The highest BCUT2D eigenvalue weighted by molar-refractivity contribution is 7.99. The lowest BCUT2D eigenvalue weighted by molar-refractivity contribution is -0.121. The topological polar surface area (TPSA) is 85.2 Å². The molecule has 1 amide bonds. The third-order valence-electron chi connectivity index (χ3n) is 6.70. The van der Waals surface area contributed by atoms with E-state index in [0.717, 1.165) is 63.5 Å². The fourth-order valence-corrected chi connectivity index (χ4v) is 5.59. The minimum Gasteiger partial charge on any atom is -0.457 e. The van der Waals surface area contributed by atoms with Crippen LogP contribution in [0.2, 0.25) is 0 Å². The van der Waals surface area contributed by atoms with E-state index in [9.17, 15) is 4.79 Å². The summed E-state index contributed by atoms with van der Waals surface area (Å²) in [6.45, 7) is 5.09. The maximum atomic E-state index is 13.5. The Kier molecular flexibility index (Phi) is 6.23. The predicted octanol–water partition coefficient (Wildman–Crippen LogP) is 4.59. The minimum atomic E-state index is -0.419. The molecule has 9 heteroatoms. The molecule has 2 aliphatic heterocycles. The van der Waals surface area contributed by atoms with Gasteiger partial charge in [-0.3, -0.25) is 4.79 Å². The normalized spacial score (nSPS) is 15.0. The highest BCUT2D eigenvalue weighted by atomic mass is 32.2. The third kappa shape index (κ3) is 4.17. The first-order valence-corrected chi connectivity index (χ1v) is 13.5. The van der Waals surface area contributed by atoms with Crippen LogP contribution in [0.25, 0.3) is 11.0 Å². The van der Waals surface area contributed by atoms with Crippen molar-refractivity contribution in [1.82, 2.24) is 25.1 Å². The number of thioether (sulfide) groups is 1. The fraction of sp³-hybridized carbons (Fsp3) is 0.333. The van der Waals surface area contributed by atoms with Crippen LogP contribution in [0.15, 0.2) is 59.9 Å². The van der Waals surface area contributed by atoms with Crippen LogP contribution in [-0.2, 0) is 11.3 Å². The van der Waals surface area contributed by atoms with Crippen molar-refractivity contribution in [1.29, 1.82) is 0 Å². The first-order chi connectivity index (χ1) is 17.7. The first-order valence-electron chi connectivity index (χ1n) is 12.5. The zero-order valence-electron chi connectivity index (χ0n) is 20.2. The smallest absolute Gasteiger partial charge is 0.232 e. The van der Waals surface area contributed by atoms with Crippen LogP contribution in [0.4, 0.5) is 5.82 Å². The van der Waals surface area contributed by atoms with Gasteiger partial charge in [0.05, 0.1) is 24.0 Å². The van der Waals surface area contributed by atoms with Gasteiger partial charge in [0.2, 0.25) is 5.91 Å². The summed E-state index contributed by atoms with van der Waals surface area (Å²) in [5.41, 5.74) is 2.57. The summed E-state index contributed by atoms with van der Waals surface area (Å²) in [6.07, 6.45) is 4.22. The second-order valence-corrected chi connectivity index (χ2v) is 10.2. The lowest BCUT2D eigenvalue weighted by Gasteiger charge is -2.27. The summed E-state index contributed by atoms with van der Waals surface area (Å²) >= 11 is 1.64. The number of hydrogen-bond donors (Lipinski definition) is 1. The van der Waals surface area contributed by atoms with Gasteiger partial charge in [0.1, 0.15) is 17.3 Å². The van der Waals surface area contributed by atoms with Crippen LogP contribution in [0.3, 0.4) is 0 Å². The number of fused-ring (bicyclic) bond motifs is 3. The molecule has 0 saturated carbocycles. The second-order valence-electron chi connectivity index (χ2n) is 8.96. The molecule has 2 aromatic carbocycles. The summed E-state index contributed by atoms with van der Waals surface area (Å²) in [6, 6.07) is 15.5. The molecule has 184 valence electrons. The van der Waals surface area contributed by atoms with Gasteiger partial charge in [-0.05, 0) is 30.7 Å². The quantitative estimate of drug-likeness (QED) is 0.293. The van der Waals surface area contributed by atoms with Crippen molar-refractivity contribution in [3.8, 4) is 11.5 Å². The maximum absolute atomic E-state index is 13.5. The van der Waals surface area contributed by atoms with Crippen LogP contribution in [-0.4, -0.2) is 51.0 Å². The van der Waals surface area contributed by atoms with Gasteiger partial charge in [-0.15, -0.1) is 0 Å². The standard InChI is InChI=1S/C27H28N6O2S/c1-2-36-27-30-24(32-14-7-8-15-32)20-17-29-33(25(20)31-27)16-13-28-26(34)23-18-9-3-5-11-21(18)35-22-12-6-4-10-19(22)23/h3-6,9-12,17,23H,2,7-8,13-16H2,1H3,(H,28,34). The number of amides is 1. The van der Waals surface area contributed by atoms with E-state index in [2.05, 4.69) is 22.2 Å². The molecule has 36 heavy (non-hydrogen) atoms. The first kappa shape index (κ1) is 22.8. The number of nitrogens with zero attached hydrogens (tertiary/aromatic N) is 5. The van der Waals surface area contributed by atoms with Gasteiger partial charge in [0, 0.05) is 30.8 Å². The maximum Gasteiger partial charge on any atom is 0.232 e. The van der Waals surface area contributed by atoms with Crippen LogP contribution >= 0.6 is 11.8 Å². The number of benzene rings is 2. The van der Waals surface area contributed by atoms with E-state index in [4.69, 9.17) is 14.7 Å². The number of nitrogens with one attached hydrogen (secondary N) is 1. The van der Waals surface area contributed by atoms with E-state index in [1.165, 1.54) is 12.8 Å². The number of ether oxygens (including phenoxy) is 1. The fourth-order valence-electron chi connectivity index (χ4n) is 5.03. The third-order valence-corrected chi connectivity index (χ3v) is 7.43. The lowest BCUT2D eigenvalue weighted by atomic mass is 9.87. The molecule has 2 aromatic heterocycles. The monoisotopic (exact) mass is 500 g/mol. The Hall–Kier alpha value is -3.59. The van der Waals surface area contributed by atoms with E-state index in [-0.39, 0.29) is 5.91 Å². The van der Waals surface area contributed by atoms with Crippen molar-refractivity contribution in [3.63, 3.8) is 0 Å². The summed E-state index contributed by atoms with van der Waals surface area (Å²) < 4.78 is 7.92. The van der Waals surface area contributed by atoms with Gasteiger partial charge in [0.15, 0.2) is 10.8 Å². The van der Waals surface area contributed by atoms with Crippen molar-refractivity contribution in [2.45, 2.75) is 37.4 Å². The predicted molar refractivity (Wildman–Crippen MR) is 141 cm³/mol. The molecule has 0 bridgehead atoms.